The first kappa shape index (κ1) is 11.4. The molecular formula is C11H23NS. The fourth-order valence-electron chi connectivity index (χ4n) is 2.16. The van der Waals surface area contributed by atoms with Gasteiger partial charge in [0.05, 0.1) is 0 Å². The average Bonchev–Trinajstić information content (AvgIpc) is 2.20. The molecule has 0 aromatic rings. The van der Waals surface area contributed by atoms with Gasteiger partial charge in [-0.15, -0.1) is 0 Å². The van der Waals surface area contributed by atoms with E-state index < -0.39 is 0 Å². The Bertz CT molecular complexity index is 126. The van der Waals surface area contributed by atoms with Crippen LogP contribution in [0.15, 0.2) is 0 Å². The van der Waals surface area contributed by atoms with Gasteiger partial charge in [0.1, 0.15) is 0 Å². The molecule has 0 aliphatic carbocycles. The first-order chi connectivity index (χ1) is 6.38. The van der Waals surface area contributed by atoms with Crippen molar-refractivity contribution in [2.24, 2.45) is 0 Å². The Morgan fingerprint density at radius 3 is 2.15 bits per heavy atom. The summed E-state index contributed by atoms with van der Waals surface area (Å²) in [5.41, 5.74) is 0. The smallest absolute Gasteiger partial charge is 0.0178 e. The second-order valence-electron chi connectivity index (χ2n) is 3.66. The van der Waals surface area contributed by atoms with Crippen LogP contribution in [-0.2, 0) is 0 Å². The van der Waals surface area contributed by atoms with Crippen LogP contribution in [0.1, 0.15) is 40.0 Å². The Hall–Kier alpha value is 0.310. The molecule has 0 spiro atoms. The second kappa shape index (κ2) is 5.92. The molecule has 0 saturated carbocycles. The molecule has 1 nitrogen and oxygen atoms in total. The van der Waals surface area contributed by atoms with Crippen LogP contribution in [0, 0.1) is 0 Å². The number of likely N-dealkylation sites (tertiary alicyclic amines) is 1. The first-order valence-electron chi connectivity index (χ1n) is 5.76. The van der Waals surface area contributed by atoms with Crippen LogP contribution in [0.3, 0.4) is 0 Å². The van der Waals surface area contributed by atoms with Crippen LogP contribution in [0.4, 0.5) is 0 Å². The lowest BCUT2D eigenvalue weighted by Gasteiger charge is -2.40. The van der Waals surface area contributed by atoms with E-state index in [-0.39, 0.29) is 0 Å². The van der Waals surface area contributed by atoms with E-state index in [4.69, 9.17) is 0 Å². The molecule has 0 radical (unpaired) electrons. The number of rotatable bonds is 1. The van der Waals surface area contributed by atoms with E-state index in [1.807, 2.05) is 13.8 Å². The molecular weight excluding hydrogens is 178 g/mol. The van der Waals surface area contributed by atoms with Gasteiger partial charge in [0.25, 0.3) is 0 Å². The highest BCUT2D eigenvalue weighted by Gasteiger charge is 2.29. The fourth-order valence-corrected chi connectivity index (χ4v) is 3.90. The van der Waals surface area contributed by atoms with Gasteiger partial charge in [0.15, 0.2) is 0 Å². The van der Waals surface area contributed by atoms with Gasteiger partial charge >= 0.3 is 0 Å². The largest absolute Gasteiger partial charge is 0.301 e. The van der Waals surface area contributed by atoms with E-state index in [2.05, 4.69) is 23.6 Å². The van der Waals surface area contributed by atoms with Gasteiger partial charge in [0, 0.05) is 23.6 Å². The van der Waals surface area contributed by atoms with E-state index in [1.54, 1.807) is 0 Å². The van der Waals surface area contributed by atoms with Crippen LogP contribution in [0.25, 0.3) is 0 Å². The quantitative estimate of drug-likeness (QED) is 0.641. The Labute approximate surface area is 87.3 Å². The van der Waals surface area contributed by atoms with Crippen molar-refractivity contribution < 1.29 is 0 Å². The minimum Gasteiger partial charge on any atom is -0.301 e. The average molecular weight is 201 g/mol. The minimum absolute atomic E-state index is 0.974. The van der Waals surface area contributed by atoms with Gasteiger partial charge in [-0.25, -0.2) is 0 Å². The van der Waals surface area contributed by atoms with Crippen molar-refractivity contribution in [2.75, 3.05) is 19.6 Å². The van der Waals surface area contributed by atoms with Crippen molar-refractivity contribution in [2.45, 2.75) is 50.5 Å². The first-order valence-corrected chi connectivity index (χ1v) is 6.70. The molecule has 0 amide bonds. The van der Waals surface area contributed by atoms with Gasteiger partial charge in [-0.05, 0) is 19.4 Å². The lowest BCUT2D eigenvalue weighted by Crippen LogP contribution is -2.44. The summed E-state index contributed by atoms with van der Waals surface area (Å²) in [6, 6.07) is 0. The molecule has 2 fully saturated rings. The Kier molecular flexibility index (Phi) is 5.18. The molecule has 2 aliphatic rings. The maximum atomic E-state index is 2.62. The van der Waals surface area contributed by atoms with Gasteiger partial charge in [-0.3, -0.25) is 0 Å². The summed E-state index contributed by atoms with van der Waals surface area (Å²) in [5.74, 6) is 0. The lowest BCUT2D eigenvalue weighted by atomic mass is 10.1. The van der Waals surface area contributed by atoms with Crippen molar-refractivity contribution in [3.63, 3.8) is 0 Å². The molecule has 2 heteroatoms. The van der Waals surface area contributed by atoms with Crippen molar-refractivity contribution in [1.29, 1.82) is 0 Å². The zero-order valence-electron chi connectivity index (χ0n) is 9.25. The van der Waals surface area contributed by atoms with Gasteiger partial charge in [0.2, 0.25) is 0 Å². The van der Waals surface area contributed by atoms with Crippen molar-refractivity contribution in [1.82, 2.24) is 4.90 Å². The second-order valence-corrected chi connectivity index (χ2v) is 5.27. The third-order valence-electron chi connectivity index (χ3n) is 2.81. The van der Waals surface area contributed by atoms with Crippen LogP contribution in [-0.4, -0.2) is 35.0 Å². The molecule has 2 rings (SSSR count). The van der Waals surface area contributed by atoms with Crippen LogP contribution in [0.5, 0.6) is 0 Å². The number of hydrogen-bond donors (Lipinski definition) is 0. The molecule has 2 aliphatic heterocycles. The lowest BCUT2D eigenvalue weighted by molar-refractivity contribution is 0.254. The van der Waals surface area contributed by atoms with E-state index in [1.165, 1.54) is 38.9 Å². The van der Waals surface area contributed by atoms with Crippen molar-refractivity contribution in [3.05, 3.63) is 0 Å². The minimum atomic E-state index is 0.974. The topological polar surface area (TPSA) is 3.24 Å². The third-order valence-corrected chi connectivity index (χ3v) is 4.35. The van der Waals surface area contributed by atoms with Crippen LogP contribution in [0.2, 0.25) is 0 Å². The standard InChI is InChI=1S/C9H17NS.C2H6/c1-2-10-6-8-4-3-5-9(7-10)11-8;1-2/h8-9H,2-7H2,1H3;1-2H3. The molecule has 0 aromatic heterocycles. The van der Waals surface area contributed by atoms with E-state index in [0.717, 1.165) is 10.5 Å². The highest BCUT2D eigenvalue weighted by molar-refractivity contribution is 8.00. The summed E-state index contributed by atoms with van der Waals surface area (Å²) in [5, 5.41) is 1.95. The van der Waals surface area contributed by atoms with E-state index >= 15 is 0 Å². The Balaban J connectivity index is 0.000000396. The van der Waals surface area contributed by atoms with Gasteiger partial charge < -0.3 is 4.90 Å². The highest BCUT2D eigenvalue weighted by Crippen LogP contribution is 2.36. The van der Waals surface area contributed by atoms with Gasteiger partial charge in [-0.1, -0.05) is 27.2 Å². The number of nitrogens with zero attached hydrogens (tertiary/aromatic N) is 1. The SMILES string of the molecule is CC.CCN1CC2CCCC(C1)S2. The van der Waals surface area contributed by atoms with Crippen LogP contribution < -0.4 is 0 Å². The Morgan fingerprint density at radius 1 is 1.15 bits per heavy atom. The van der Waals surface area contributed by atoms with Gasteiger partial charge in [-0.2, -0.15) is 11.8 Å². The molecule has 13 heavy (non-hydrogen) atoms. The van der Waals surface area contributed by atoms with Crippen LogP contribution >= 0.6 is 11.8 Å². The fraction of sp³-hybridized carbons (Fsp3) is 1.00. The summed E-state index contributed by atoms with van der Waals surface area (Å²) < 4.78 is 0. The molecule has 2 bridgehead atoms. The summed E-state index contributed by atoms with van der Waals surface area (Å²) in [6.45, 7) is 10.3. The maximum Gasteiger partial charge on any atom is 0.0178 e. The van der Waals surface area contributed by atoms with E-state index in [0.29, 0.717) is 0 Å². The molecule has 2 atom stereocenters. The summed E-state index contributed by atoms with van der Waals surface area (Å²) in [6.07, 6.45) is 4.43. The molecule has 2 unspecified atom stereocenters. The summed E-state index contributed by atoms with van der Waals surface area (Å²) in [7, 11) is 0. The predicted octanol–water partition coefficient (Wildman–Crippen LogP) is 3.00. The molecule has 2 heterocycles. The Morgan fingerprint density at radius 2 is 1.69 bits per heavy atom. The molecule has 2 saturated heterocycles. The third kappa shape index (κ3) is 3.17. The summed E-state index contributed by atoms with van der Waals surface area (Å²) in [4.78, 5) is 2.62. The predicted molar refractivity (Wildman–Crippen MR) is 62.5 cm³/mol. The molecule has 78 valence electrons. The number of thioether (sulfide) groups is 1. The van der Waals surface area contributed by atoms with E-state index in [9.17, 15) is 0 Å². The normalized spacial score (nSPS) is 33.5. The van der Waals surface area contributed by atoms with Crippen molar-refractivity contribution in [3.8, 4) is 0 Å². The maximum absolute atomic E-state index is 2.62. The van der Waals surface area contributed by atoms with Crippen molar-refractivity contribution >= 4 is 11.8 Å². The molecule has 0 aromatic carbocycles. The monoisotopic (exact) mass is 201 g/mol. The summed E-state index contributed by atoms with van der Waals surface area (Å²) >= 11 is 2.25. The highest BCUT2D eigenvalue weighted by atomic mass is 32.2. The molecule has 0 N–H and O–H groups in total. The zero-order chi connectivity index (χ0) is 9.68. The number of hydrogen-bond acceptors (Lipinski definition) is 2. The number of fused-ring (bicyclic) bond motifs is 2. The zero-order valence-corrected chi connectivity index (χ0v) is 10.1.